The van der Waals surface area contributed by atoms with Crippen molar-refractivity contribution in [2.45, 2.75) is 25.1 Å². The number of anilines is 1. The van der Waals surface area contributed by atoms with Gasteiger partial charge >= 0.3 is 6.18 Å². The number of carbonyl (C=O) groups is 1. The van der Waals surface area contributed by atoms with Crippen LogP contribution in [0.15, 0.2) is 18.2 Å². The molecule has 0 radical (unpaired) electrons. The molecule has 1 aromatic carbocycles. The Bertz CT molecular complexity index is 571. The molecular weight excluding hydrogens is 291 g/mol. The second-order valence-corrected chi connectivity index (χ2v) is 4.68. The third-order valence-corrected chi connectivity index (χ3v) is 2.90. The van der Waals surface area contributed by atoms with E-state index < -0.39 is 22.4 Å². The highest BCUT2D eigenvalue weighted by atomic mass is 19.4. The van der Waals surface area contributed by atoms with Gasteiger partial charge in [0.1, 0.15) is 5.69 Å². The molecule has 0 bridgehead atoms. The SMILES string of the molecule is O=C(CNc1ccc(C(F)(F)F)cc1[N+](=O)[O-])NC1CC1. The summed E-state index contributed by atoms with van der Waals surface area (Å²) in [5, 5.41) is 16.0. The fraction of sp³-hybridized carbons (Fsp3) is 0.417. The van der Waals surface area contributed by atoms with Gasteiger partial charge in [0, 0.05) is 12.1 Å². The standard InChI is InChI=1S/C12H12F3N3O3/c13-12(14,15)7-1-4-9(10(5-7)18(20)21)16-6-11(19)17-8-2-3-8/h1,4-5,8,16H,2-3,6H2,(H,17,19). The van der Waals surface area contributed by atoms with Gasteiger partial charge in [0.15, 0.2) is 0 Å². The first-order valence-electron chi connectivity index (χ1n) is 6.16. The molecule has 2 rings (SSSR count). The molecule has 0 aromatic heterocycles. The van der Waals surface area contributed by atoms with Gasteiger partial charge in [-0.1, -0.05) is 0 Å². The molecule has 0 saturated heterocycles. The highest BCUT2D eigenvalue weighted by molar-refractivity contribution is 5.82. The Hall–Kier alpha value is -2.32. The summed E-state index contributed by atoms with van der Waals surface area (Å²) in [6.45, 7) is -0.233. The van der Waals surface area contributed by atoms with E-state index in [0.29, 0.717) is 6.07 Å². The summed E-state index contributed by atoms with van der Waals surface area (Å²) in [6.07, 6.45) is -2.87. The van der Waals surface area contributed by atoms with Gasteiger partial charge in [-0.05, 0) is 25.0 Å². The van der Waals surface area contributed by atoms with E-state index in [-0.39, 0.29) is 24.2 Å². The lowest BCUT2D eigenvalue weighted by molar-refractivity contribution is -0.384. The minimum absolute atomic E-state index is 0.126. The Morgan fingerprint density at radius 1 is 1.38 bits per heavy atom. The Morgan fingerprint density at radius 2 is 2.05 bits per heavy atom. The van der Waals surface area contributed by atoms with Crippen molar-refractivity contribution < 1.29 is 22.9 Å². The number of nitro benzene ring substituents is 1. The normalized spacial score (nSPS) is 14.6. The van der Waals surface area contributed by atoms with Crippen LogP contribution in [0.1, 0.15) is 18.4 Å². The van der Waals surface area contributed by atoms with Gasteiger partial charge in [0.2, 0.25) is 5.91 Å². The first kappa shape index (κ1) is 15.1. The summed E-state index contributed by atoms with van der Waals surface area (Å²) in [4.78, 5) is 21.4. The lowest BCUT2D eigenvalue weighted by Crippen LogP contribution is -2.31. The van der Waals surface area contributed by atoms with Gasteiger partial charge in [0.25, 0.3) is 5.69 Å². The summed E-state index contributed by atoms with van der Waals surface area (Å²) in [6, 6.07) is 2.27. The number of carbonyl (C=O) groups excluding carboxylic acids is 1. The fourth-order valence-electron chi connectivity index (χ4n) is 1.69. The van der Waals surface area contributed by atoms with E-state index in [9.17, 15) is 28.1 Å². The molecule has 1 fully saturated rings. The predicted octanol–water partition coefficient (Wildman–Crippen LogP) is 2.30. The second kappa shape index (κ2) is 5.58. The quantitative estimate of drug-likeness (QED) is 0.645. The molecule has 0 unspecified atom stereocenters. The molecule has 1 saturated carbocycles. The number of hydrogen-bond acceptors (Lipinski definition) is 4. The summed E-state index contributed by atoms with van der Waals surface area (Å²) in [5.74, 6) is -0.355. The molecule has 21 heavy (non-hydrogen) atoms. The minimum Gasteiger partial charge on any atom is -0.371 e. The summed E-state index contributed by atoms with van der Waals surface area (Å²) >= 11 is 0. The maximum Gasteiger partial charge on any atom is 0.416 e. The maximum absolute atomic E-state index is 12.5. The van der Waals surface area contributed by atoms with Crippen LogP contribution >= 0.6 is 0 Å². The average Bonchev–Trinajstić information content (AvgIpc) is 3.18. The van der Waals surface area contributed by atoms with E-state index in [1.807, 2.05) is 0 Å². The third kappa shape index (κ3) is 4.07. The number of benzene rings is 1. The van der Waals surface area contributed by atoms with Crippen molar-refractivity contribution in [1.29, 1.82) is 0 Å². The smallest absolute Gasteiger partial charge is 0.371 e. The Labute approximate surface area is 117 Å². The van der Waals surface area contributed by atoms with Crippen LogP contribution in [0.5, 0.6) is 0 Å². The van der Waals surface area contributed by atoms with E-state index >= 15 is 0 Å². The number of amides is 1. The lowest BCUT2D eigenvalue weighted by atomic mass is 10.1. The lowest BCUT2D eigenvalue weighted by Gasteiger charge is -2.10. The predicted molar refractivity (Wildman–Crippen MR) is 67.8 cm³/mol. The highest BCUT2D eigenvalue weighted by Crippen LogP contribution is 2.34. The largest absolute Gasteiger partial charge is 0.416 e. The monoisotopic (exact) mass is 303 g/mol. The van der Waals surface area contributed by atoms with E-state index in [2.05, 4.69) is 10.6 Å². The van der Waals surface area contributed by atoms with Crippen LogP contribution < -0.4 is 10.6 Å². The van der Waals surface area contributed by atoms with Crippen LogP contribution in [0.4, 0.5) is 24.5 Å². The molecule has 1 aliphatic carbocycles. The summed E-state index contributed by atoms with van der Waals surface area (Å²) in [7, 11) is 0. The molecule has 0 aliphatic heterocycles. The van der Waals surface area contributed by atoms with Crippen molar-refractivity contribution in [3.8, 4) is 0 Å². The molecule has 0 heterocycles. The van der Waals surface area contributed by atoms with Gasteiger partial charge in [-0.25, -0.2) is 0 Å². The minimum atomic E-state index is -4.66. The van der Waals surface area contributed by atoms with Gasteiger partial charge in [-0.3, -0.25) is 14.9 Å². The Kier molecular flexibility index (Phi) is 4.01. The van der Waals surface area contributed by atoms with Crippen molar-refractivity contribution >= 4 is 17.3 Å². The Morgan fingerprint density at radius 3 is 2.57 bits per heavy atom. The van der Waals surface area contributed by atoms with E-state index in [1.54, 1.807) is 0 Å². The van der Waals surface area contributed by atoms with E-state index in [1.165, 1.54) is 0 Å². The molecule has 114 valence electrons. The number of halogens is 3. The van der Waals surface area contributed by atoms with Crippen molar-refractivity contribution in [3.63, 3.8) is 0 Å². The van der Waals surface area contributed by atoms with Crippen molar-refractivity contribution in [3.05, 3.63) is 33.9 Å². The molecule has 9 heteroatoms. The van der Waals surface area contributed by atoms with E-state index in [4.69, 9.17) is 0 Å². The zero-order valence-electron chi connectivity index (χ0n) is 10.7. The Balaban J connectivity index is 2.10. The third-order valence-electron chi connectivity index (χ3n) is 2.90. The topological polar surface area (TPSA) is 84.3 Å². The van der Waals surface area contributed by atoms with Gasteiger partial charge in [-0.2, -0.15) is 13.2 Å². The second-order valence-electron chi connectivity index (χ2n) is 4.68. The number of rotatable bonds is 5. The van der Waals surface area contributed by atoms with Crippen LogP contribution in [0.3, 0.4) is 0 Å². The van der Waals surface area contributed by atoms with Crippen molar-refractivity contribution in [2.75, 3.05) is 11.9 Å². The molecule has 1 aliphatic rings. The van der Waals surface area contributed by atoms with Gasteiger partial charge in [-0.15, -0.1) is 0 Å². The van der Waals surface area contributed by atoms with Crippen LogP contribution in [0.2, 0.25) is 0 Å². The highest BCUT2D eigenvalue weighted by Gasteiger charge is 2.33. The summed E-state index contributed by atoms with van der Waals surface area (Å²) in [5.41, 5.74) is -1.95. The molecule has 1 amide bonds. The first-order valence-corrected chi connectivity index (χ1v) is 6.16. The number of hydrogen-bond donors (Lipinski definition) is 2. The zero-order valence-corrected chi connectivity index (χ0v) is 10.7. The fourth-order valence-corrected chi connectivity index (χ4v) is 1.69. The van der Waals surface area contributed by atoms with Crippen LogP contribution in [-0.2, 0) is 11.0 Å². The van der Waals surface area contributed by atoms with E-state index in [0.717, 1.165) is 25.0 Å². The number of alkyl halides is 3. The molecule has 2 N–H and O–H groups in total. The number of nitrogens with one attached hydrogen (secondary N) is 2. The first-order chi connectivity index (χ1) is 9.77. The number of nitrogens with zero attached hydrogens (tertiary/aromatic N) is 1. The maximum atomic E-state index is 12.5. The van der Waals surface area contributed by atoms with Crippen LogP contribution in [-0.4, -0.2) is 23.4 Å². The van der Waals surface area contributed by atoms with Gasteiger partial charge in [0.05, 0.1) is 17.0 Å². The zero-order chi connectivity index (χ0) is 15.6. The van der Waals surface area contributed by atoms with Crippen LogP contribution in [0.25, 0.3) is 0 Å². The van der Waals surface area contributed by atoms with Crippen molar-refractivity contribution in [2.24, 2.45) is 0 Å². The van der Waals surface area contributed by atoms with Crippen LogP contribution in [0, 0.1) is 10.1 Å². The molecule has 1 aromatic rings. The van der Waals surface area contributed by atoms with Crippen molar-refractivity contribution in [1.82, 2.24) is 5.32 Å². The molecule has 0 spiro atoms. The molecule has 6 nitrogen and oxygen atoms in total. The molecule has 0 atom stereocenters. The average molecular weight is 303 g/mol. The number of nitro groups is 1. The van der Waals surface area contributed by atoms with Gasteiger partial charge < -0.3 is 10.6 Å². The molecular formula is C12H12F3N3O3. The summed E-state index contributed by atoms with van der Waals surface area (Å²) < 4.78 is 37.6.